The van der Waals surface area contributed by atoms with Crippen LogP contribution in [0.1, 0.15) is 65.9 Å². The number of nitrogens with one attached hydrogen (secondary N) is 8. The number of amides is 8. The summed E-state index contributed by atoms with van der Waals surface area (Å²) in [6.07, 6.45) is -3.88. The molecule has 0 radical (unpaired) electrons. The largest absolute Gasteiger partial charge is 0.394 e. The molecule has 1 aliphatic heterocycles. The fourth-order valence-electron chi connectivity index (χ4n) is 6.55. The van der Waals surface area contributed by atoms with Crippen molar-refractivity contribution in [1.29, 1.82) is 0 Å². The predicted octanol–water partition coefficient (Wildman–Crippen LogP) is -6.91. The summed E-state index contributed by atoms with van der Waals surface area (Å²) in [4.78, 5) is 104. The molecule has 378 valence electrons. The summed E-state index contributed by atoms with van der Waals surface area (Å²) in [5.74, 6) is -9.13. The minimum atomic E-state index is -2.17. The number of rotatable bonds is 28. The number of carbonyl (C=O) groups excluding carboxylic acids is 8. The lowest BCUT2D eigenvalue weighted by atomic mass is 9.97. The summed E-state index contributed by atoms with van der Waals surface area (Å²) < 4.78 is 5.10. The first-order chi connectivity index (χ1) is 31.4. The van der Waals surface area contributed by atoms with Gasteiger partial charge in [0, 0.05) is 6.42 Å². The Morgan fingerprint density at radius 2 is 1.15 bits per heavy atom. The second kappa shape index (κ2) is 28.1. The number of aliphatic hydroxyl groups excluding tert-OH is 5. The topological polar surface area (TPSA) is 415 Å². The Balaban J connectivity index is 1.99. The highest BCUT2D eigenvalue weighted by Gasteiger charge is 2.48. The van der Waals surface area contributed by atoms with Crippen LogP contribution >= 0.6 is 0 Å². The monoisotopic (exact) mass is 955 g/mol. The van der Waals surface area contributed by atoms with Gasteiger partial charge in [-0.15, -0.1) is 0 Å². The average molecular weight is 955 g/mol. The fraction of sp³-hybridized carbons (Fsp3) is 0.667. The quantitative estimate of drug-likeness (QED) is 0.0347. The first kappa shape index (κ1) is 57.7. The molecule has 0 aliphatic carbocycles. The van der Waals surface area contributed by atoms with Gasteiger partial charge in [-0.2, -0.15) is 0 Å². The number of nitrogens with two attached hydrogens (primary N) is 2. The highest BCUT2D eigenvalue weighted by atomic mass is 16.6. The van der Waals surface area contributed by atoms with E-state index in [1.54, 1.807) is 30.3 Å². The van der Waals surface area contributed by atoms with Crippen molar-refractivity contribution in [2.24, 2.45) is 17.4 Å². The second-order valence-electron chi connectivity index (χ2n) is 17.0. The molecule has 25 heteroatoms. The maximum Gasteiger partial charge on any atom is 0.245 e. The standard InChI is InChI=1S/C42H70N10O15/c1-21(2)15-27(34(44)58)49-39(63)28(16-25-11-7-6-8-12-25)50-41(65)30(18-54)52-37(61)24(5)47-40(64)29(17-53)51-36(60)23(4)46-38(62)26(48-35(59)22(3)43)13-9-10-14-45-20-42(66)33(57)32(56)31(55)19-67-42/h6-8,11-12,21-24,26-33,45,53-57,66H,9-10,13-20,43H2,1-5H3,(H2,44,58)(H,46,62)(H,47,64)(H,48,59)(H,49,63)(H,50,65)(H,51,60)(H,52,61)/t22-,23-,24-,26-,27-,28-,29-,30-,31+,32+,33-,42+/m0/s1. The lowest BCUT2D eigenvalue weighted by molar-refractivity contribution is -0.317. The lowest BCUT2D eigenvalue weighted by Gasteiger charge is -2.41. The third-order valence-corrected chi connectivity index (χ3v) is 10.6. The number of hydrogen-bond donors (Lipinski definition) is 16. The highest BCUT2D eigenvalue weighted by Crippen LogP contribution is 2.23. The molecule has 1 saturated heterocycles. The zero-order valence-corrected chi connectivity index (χ0v) is 38.4. The van der Waals surface area contributed by atoms with Gasteiger partial charge in [0.05, 0.1) is 32.4 Å². The SMILES string of the molecule is CC(C)C[C@H](NC(=O)[C@H](Cc1ccccc1)NC(=O)[C@H](CO)NC(=O)[C@H](C)NC(=O)[C@H](CO)NC(=O)[C@H](C)NC(=O)[C@H](CCCCNC[C@@]1(O)OC[C@@H](O)[C@@H](O)[C@@H]1O)NC(=O)[C@H](C)N)C(N)=O. The molecule has 1 heterocycles. The smallest absolute Gasteiger partial charge is 0.245 e. The Morgan fingerprint density at radius 3 is 1.66 bits per heavy atom. The summed E-state index contributed by atoms with van der Waals surface area (Å²) in [5, 5.41) is 79.8. The van der Waals surface area contributed by atoms with E-state index in [1.807, 2.05) is 13.8 Å². The van der Waals surface area contributed by atoms with E-state index in [0.29, 0.717) is 18.4 Å². The Kier molecular flexibility index (Phi) is 24.2. The highest BCUT2D eigenvalue weighted by molar-refractivity contribution is 5.97. The molecule has 0 saturated carbocycles. The van der Waals surface area contributed by atoms with Gasteiger partial charge in [0.15, 0.2) is 0 Å². The summed E-state index contributed by atoms with van der Waals surface area (Å²) in [5.41, 5.74) is 11.8. The van der Waals surface area contributed by atoms with Crippen LogP contribution in [-0.2, 0) is 49.5 Å². The molecule has 0 bridgehead atoms. The first-order valence-electron chi connectivity index (χ1n) is 22.0. The van der Waals surface area contributed by atoms with E-state index in [2.05, 4.69) is 42.5 Å². The number of benzene rings is 1. The van der Waals surface area contributed by atoms with Crippen molar-refractivity contribution in [3.8, 4) is 0 Å². The van der Waals surface area contributed by atoms with Crippen LogP contribution in [0.4, 0.5) is 0 Å². The summed E-state index contributed by atoms with van der Waals surface area (Å²) >= 11 is 0. The van der Waals surface area contributed by atoms with Crippen LogP contribution in [-0.4, -0.2) is 183 Å². The van der Waals surface area contributed by atoms with E-state index >= 15 is 0 Å². The number of aliphatic hydroxyl groups is 6. The van der Waals surface area contributed by atoms with Crippen LogP contribution in [0.25, 0.3) is 0 Å². The molecular formula is C42H70N10O15. The van der Waals surface area contributed by atoms with Gasteiger partial charge in [0.25, 0.3) is 0 Å². The summed E-state index contributed by atoms with van der Waals surface area (Å²) in [7, 11) is 0. The summed E-state index contributed by atoms with van der Waals surface area (Å²) in [6, 6.07) is -1.97. The van der Waals surface area contributed by atoms with E-state index in [4.69, 9.17) is 16.2 Å². The Morgan fingerprint density at radius 1 is 0.672 bits per heavy atom. The van der Waals surface area contributed by atoms with Crippen molar-refractivity contribution in [3.63, 3.8) is 0 Å². The zero-order valence-electron chi connectivity index (χ0n) is 38.4. The van der Waals surface area contributed by atoms with E-state index in [0.717, 1.165) is 0 Å². The molecule has 1 aromatic carbocycles. The molecule has 2 rings (SSSR count). The molecule has 0 unspecified atom stereocenters. The van der Waals surface area contributed by atoms with Crippen molar-refractivity contribution in [2.75, 3.05) is 32.9 Å². The number of primary amides is 1. The van der Waals surface area contributed by atoms with Crippen molar-refractivity contribution in [1.82, 2.24) is 42.5 Å². The normalized spacial score (nSPS) is 21.7. The van der Waals surface area contributed by atoms with Gasteiger partial charge in [0.2, 0.25) is 53.0 Å². The third-order valence-electron chi connectivity index (χ3n) is 10.6. The minimum absolute atomic E-state index is 0.0171. The van der Waals surface area contributed by atoms with Crippen LogP contribution in [0, 0.1) is 5.92 Å². The van der Waals surface area contributed by atoms with Gasteiger partial charge in [-0.05, 0) is 64.5 Å². The van der Waals surface area contributed by atoms with Gasteiger partial charge in [-0.1, -0.05) is 44.2 Å². The van der Waals surface area contributed by atoms with Crippen molar-refractivity contribution in [3.05, 3.63) is 35.9 Å². The average Bonchev–Trinajstić information content (AvgIpc) is 3.27. The maximum atomic E-state index is 13.4. The minimum Gasteiger partial charge on any atom is -0.394 e. The molecule has 0 spiro atoms. The molecule has 1 aromatic rings. The van der Waals surface area contributed by atoms with Gasteiger partial charge in [-0.3, -0.25) is 38.4 Å². The molecule has 67 heavy (non-hydrogen) atoms. The predicted molar refractivity (Wildman–Crippen MR) is 237 cm³/mol. The molecular weight excluding hydrogens is 885 g/mol. The molecule has 18 N–H and O–H groups in total. The van der Waals surface area contributed by atoms with Gasteiger partial charge < -0.3 is 89.4 Å². The van der Waals surface area contributed by atoms with Crippen LogP contribution in [0.15, 0.2) is 30.3 Å². The maximum absolute atomic E-state index is 13.4. The first-order valence-corrected chi connectivity index (χ1v) is 22.0. The van der Waals surface area contributed by atoms with E-state index < -0.39 is 140 Å². The number of hydrogen-bond acceptors (Lipinski definition) is 17. The van der Waals surface area contributed by atoms with Crippen molar-refractivity contribution >= 4 is 47.3 Å². The number of unbranched alkanes of at least 4 members (excludes halogenated alkanes) is 1. The molecule has 1 aliphatic rings. The molecule has 1 fully saturated rings. The fourth-order valence-corrected chi connectivity index (χ4v) is 6.55. The van der Waals surface area contributed by atoms with Gasteiger partial charge >= 0.3 is 0 Å². The van der Waals surface area contributed by atoms with Gasteiger partial charge in [0.1, 0.15) is 60.6 Å². The van der Waals surface area contributed by atoms with E-state index in [-0.39, 0.29) is 38.3 Å². The van der Waals surface area contributed by atoms with Crippen molar-refractivity contribution in [2.45, 2.75) is 139 Å². The Bertz CT molecular complexity index is 1810. The van der Waals surface area contributed by atoms with E-state index in [1.165, 1.54) is 20.8 Å². The molecule has 8 amide bonds. The Hall–Kier alpha value is -5.38. The summed E-state index contributed by atoms with van der Waals surface area (Å²) in [6.45, 7) is 5.14. The van der Waals surface area contributed by atoms with E-state index in [9.17, 15) is 69.0 Å². The number of carbonyl (C=O) groups is 8. The third kappa shape index (κ3) is 19.0. The molecule has 25 nitrogen and oxygen atoms in total. The van der Waals surface area contributed by atoms with Crippen LogP contribution in [0.2, 0.25) is 0 Å². The second-order valence-corrected chi connectivity index (χ2v) is 17.0. The number of ether oxygens (including phenoxy) is 1. The Labute approximate surface area is 388 Å². The van der Waals surface area contributed by atoms with Crippen LogP contribution in [0.3, 0.4) is 0 Å². The van der Waals surface area contributed by atoms with Crippen LogP contribution in [0.5, 0.6) is 0 Å². The molecule has 0 aromatic heterocycles. The lowest BCUT2D eigenvalue weighted by Crippen LogP contribution is -2.64. The molecule has 12 atom stereocenters. The van der Waals surface area contributed by atoms with Crippen LogP contribution < -0.4 is 54.0 Å². The van der Waals surface area contributed by atoms with Crippen molar-refractivity contribution < 1.29 is 73.7 Å². The van der Waals surface area contributed by atoms with Gasteiger partial charge in [-0.25, -0.2) is 0 Å². The zero-order chi connectivity index (χ0) is 50.6.